The van der Waals surface area contributed by atoms with Crippen molar-refractivity contribution in [3.8, 4) is 17.2 Å². The molecule has 1 unspecified atom stereocenters. The average Bonchev–Trinajstić information content (AvgIpc) is 2.85. The van der Waals surface area contributed by atoms with Gasteiger partial charge in [0.2, 0.25) is 12.5 Å². The molecule has 1 atom stereocenters. The molecule has 0 fully saturated rings. The number of hydrogen-bond donors (Lipinski definition) is 3. The van der Waals surface area contributed by atoms with Crippen LogP contribution in [0.15, 0.2) is 12.1 Å². The Kier molecular flexibility index (Phi) is 4.14. The zero-order valence-corrected chi connectivity index (χ0v) is 11.1. The average molecular weight is 269 g/mol. The maximum Gasteiger partial charge on any atom is 0.231 e. The van der Waals surface area contributed by atoms with E-state index in [1.165, 1.54) is 0 Å². The van der Waals surface area contributed by atoms with Crippen molar-refractivity contribution in [1.82, 2.24) is 5.32 Å². The molecule has 1 aromatic rings. The lowest BCUT2D eigenvalue weighted by Crippen LogP contribution is -2.40. The fourth-order valence-electron chi connectivity index (χ4n) is 1.82. The van der Waals surface area contributed by atoms with Crippen molar-refractivity contribution in [3.05, 3.63) is 17.7 Å². The molecule has 106 valence electrons. The van der Waals surface area contributed by atoms with Crippen LogP contribution in [0.25, 0.3) is 0 Å². The van der Waals surface area contributed by atoms with Crippen molar-refractivity contribution >= 4 is 0 Å². The van der Waals surface area contributed by atoms with Gasteiger partial charge in [0.1, 0.15) is 0 Å². The molecule has 0 aliphatic carbocycles. The first-order valence-corrected chi connectivity index (χ1v) is 6.06. The van der Waals surface area contributed by atoms with E-state index in [1.807, 2.05) is 12.1 Å². The van der Waals surface area contributed by atoms with E-state index < -0.39 is 5.60 Å². The Bertz CT molecular complexity index is 447. The van der Waals surface area contributed by atoms with Crippen LogP contribution in [0.4, 0.5) is 0 Å². The molecule has 0 saturated heterocycles. The standard InChI is InChI=1S/C13H19NO5/c1-13(16,7-15)6-14-5-9-3-10(17-2)12-11(4-9)18-8-19-12/h3-4,14-16H,5-8H2,1-2H3. The van der Waals surface area contributed by atoms with Crippen LogP contribution in [0.5, 0.6) is 17.2 Å². The SMILES string of the molecule is COc1cc(CNCC(C)(O)CO)cc2c1OCO2. The fraction of sp³-hybridized carbons (Fsp3) is 0.538. The summed E-state index contributed by atoms with van der Waals surface area (Å²) in [5.74, 6) is 1.90. The molecule has 0 radical (unpaired) electrons. The highest BCUT2D eigenvalue weighted by Gasteiger charge is 2.21. The lowest BCUT2D eigenvalue weighted by molar-refractivity contribution is 0.00253. The fourth-order valence-corrected chi connectivity index (χ4v) is 1.82. The van der Waals surface area contributed by atoms with Crippen molar-refractivity contribution in [2.45, 2.75) is 19.1 Å². The van der Waals surface area contributed by atoms with Gasteiger partial charge in [0.25, 0.3) is 0 Å². The molecular formula is C13H19NO5. The largest absolute Gasteiger partial charge is 0.493 e. The summed E-state index contributed by atoms with van der Waals surface area (Å²) >= 11 is 0. The Balaban J connectivity index is 2.02. The van der Waals surface area contributed by atoms with Gasteiger partial charge in [-0.1, -0.05) is 0 Å². The quantitative estimate of drug-likeness (QED) is 0.687. The molecule has 6 heteroatoms. The van der Waals surface area contributed by atoms with Gasteiger partial charge >= 0.3 is 0 Å². The number of aliphatic hydroxyl groups is 2. The molecule has 3 N–H and O–H groups in total. The maximum absolute atomic E-state index is 9.67. The predicted molar refractivity (Wildman–Crippen MR) is 68.5 cm³/mol. The smallest absolute Gasteiger partial charge is 0.231 e. The normalized spacial score (nSPS) is 16.2. The summed E-state index contributed by atoms with van der Waals surface area (Å²) in [6.45, 7) is 2.30. The molecule has 6 nitrogen and oxygen atoms in total. The predicted octanol–water partition coefficient (Wildman–Crippen LogP) is 0.257. The Morgan fingerprint density at radius 2 is 2.21 bits per heavy atom. The van der Waals surface area contributed by atoms with Crippen LogP contribution < -0.4 is 19.5 Å². The van der Waals surface area contributed by atoms with Crippen molar-refractivity contribution in [2.75, 3.05) is 27.1 Å². The number of benzene rings is 1. The minimum atomic E-state index is -1.12. The van der Waals surface area contributed by atoms with Crippen LogP contribution >= 0.6 is 0 Å². The number of aliphatic hydroxyl groups excluding tert-OH is 1. The minimum Gasteiger partial charge on any atom is -0.493 e. The number of ether oxygens (including phenoxy) is 3. The van der Waals surface area contributed by atoms with E-state index in [-0.39, 0.29) is 13.4 Å². The molecule has 1 heterocycles. The summed E-state index contributed by atoms with van der Waals surface area (Å²) in [6, 6.07) is 3.72. The second-order valence-electron chi connectivity index (χ2n) is 4.79. The Morgan fingerprint density at radius 3 is 2.89 bits per heavy atom. The zero-order valence-electron chi connectivity index (χ0n) is 11.1. The second kappa shape index (κ2) is 5.64. The molecule has 0 bridgehead atoms. The highest BCUT2D eigenvalue weighted by Crippen LogP contribution is 2.41. The molecule has 19 heavy (non-hydrogen) atoms. The van der Waals surface area contributed by atoms with Crippen LogP contribution in [0.3, 0.4) is 0 Å². The number of rotatable bonds is 6. The van der Waals surface area contributed by atoms with Crippen LogP contribution in [-0.4, -0.2) is 42.9 Å². The van der Waals surface area contributed by atoms with Gasteiger partial charge < -0.3 is 29.7 Å². The summed E-state index contributed by atoms with van der Waals surface area (Å²) in [5.41, 5.74) is -0.171. The summed E-state index contributed by atoms with van der Waals surface area (Å²) < 4.78 is 15.9. The van der Waals surface area contributed by atoms with Gasteiger partial charge in [0, 0.05) is 13.1 Å². The van der Waals surface area contributed by atoms with Crippen molar-refractivity contribution < 1.29 is 24.4 Å². The van der Waals surface area contributed by atoms with Gasteiger partial charge in [-0.25, -0.2) is 0 Å². The Labute approximate surface area is 111 Å². The number of nitrogens with one attached hydrogen (secondary N) is 1. The van der Waals surface area contributed by atoms with E-state index in [0.29, 0.717) is 30.3 Å². The topological polar surface area (TPSA) is 80.2 Å². The van der Waals surface area contributed by atoms with Crippen molar-refractivity contribution in [2.24, 2.45) is 0 Å². The number of hydrogen-bond acceptors (Lipinski definition) is 6. The highest BCUT2D eigenvalue weighted by atomic mass is 16.7. The van der Waals surface area contributed by atoms with Crippen LogP contribution in [0.1, 0.15) is 12.5 Å². The monoisotopic (exact) mass is 269 g/mol. The number of methoxy groups -OCH3 is 1. The van der Waals surface area contributed by atoms with Crippen molar-refractivity contribution in [3.63, 3.8) is 0 Å². The first-order valence-electron chi connectivity index (χ1n) is 6.06. The molecule has 1 aromatic carbocycles. The minimum absolute atomic E-state index is 0.196. The van der Waals surface area contributed by atoms with Gasteiger partial charge in [-0.15, -0.1) is 0 Å². The molecule has 1 aliphatic heterocycles. The summed E-state index contributed by atoms with van der Waals surface area (Å²) in [5, 5.41) is 21.7. The molecule has 0 spiro atoms. The molecule has 0 amide bonds. The van der Waals surface area contributed by atoms with Gasteiger partial charge in [-0.05, 0) is 24.6 Å². The van der Waals surface area contributed by atoms with Crippen LogP contribution in [-0.2, 0) is 6.54 Å². The third-order valence-corrected chi connectivity index (χ3v) is 2.89. The lowest BCUT2D eigenvalue weighted by Gasteiger charge is -2.20. The van der Waals surface area contributed by atoms with Gasteiger partial charge in [0.05, 0.1) is 19.3 Å². The first-order chi connectivity index (χ1) is 9.05. The Hall–Kier alpha value is -1.50. The van der Waals surface area contributed by atoms with Crippen LogP contribution in [0.2, 0.25) is 0 Å². The molecule has 1 aliphatic rings. The van der Waals surface area contributed by atoms with E-state index >= 15 is 0 Å². The van der Waals surface area contributed by atoms with E-state index in [1.54, 1.807) is 14.0 Å². The van der Waals surface area contributed by atoms with E-state index in [0.717, 1.165) is 5.56 Å². The molecular weight excluding hydrogens is 250 g/mol. The van der Waals surface area contributed by atoms with E-state index in [9.17, 15) is 5.11 Å². The highest BCUT2D eigenvalue weighted by molar-refractivity contribution is 5.55. The van der Waals surface area contributed by atoms with Crippen LogP contribution in [0, 0.1) is 0 Å². The molecule has 2 rings (SSSR count). The lowest BCUT2D eigenvalue weighted by atomic mass is 10.1. The van der Waals surface area contributed by atoms with Gasteiger partial charge in [0.15, 0.2) is 11.5 Å². The van der Waals surface area contributed by atoms with E-state index in [2.05, 4.69) is 5.32 Å². The maximum atomic E-state index is 9.67. The van der Waals surface area contributed by atoms with E-state index in [4.69, 9.17) is 19.3 Å². The molecule has 0 aromatic heterocycles. The summed E-state index contributed by atoms with van der Waals surface area (Å²) in [4.78, 5) is 0. The summed E-state index contributed by atoms with van der Waals surface area (Å²) in [7, 11) is 1.57. The summed E-state index contributed by atoms with van der Waals surface area (Å²) in [6.07, 6.45) is 0. The first kappa shape index (κ1) is 13.9. The van der Waals surface area contributed by atoms with Gasteiger partial charge in [-0.3, -0.25) is 0 Å². The number of fused-ring (bicyclic) bond motifs is 1. The van der Waals surface area contributed by atoms with Gasteiger partial charge in [-0.2, -0.15) is 0 Å². The third-order valence-electron chi connectivity index (χ3n) is 2.89. The van der Waals surface area contributed by atoms with Crippen molar-refractivity contribution in [1.29, 1.82) is 0 Å². The zero-order chi connectivity index (χ0) is 13.9. The second-order valence-corrected chi connectivity index (χ2v) is 4.79. The Morgan fingerprint density at radius 1 is 1.42 bits per heavy atom. The third kappa shape index (κ3) is 3.28. The molecule has 0 saturated carbocycles.